The first-order chi connectivity index (χ1) is 7.79. The van der Waals surface area contributed by atoms with Crippen molar-refractivity contribution >= 4 is 5.91 Å². The molecule has 0 spiro atoms. The first-order valence-corrected chi connectivity index (χ1v) is 5.64. The van der Waals surface area contributed by atoms with Gasteiger partial charge in [-0.1, -0.05) is 0 Å². The monoisotopic (exact) mass is 218 g/mol. The van der Waals surface area contributed by atoms with E-state index >= 15 is 0 Å². The molecule has 16 heavy (non-hydrogen) atoms. The molecule has 0 saturated heterocycles. The van der Waals surface area contributed by atoms with Crippen molar-refractivity contribution in [1.82, 2.24) is 9.88 Å². The van der Waals surface area contributed by atoms with Gasteiger partial charge < -0.3 is 9.64 Å². The molecule has 0 N–H and O–H groups in total. The highest BCUT2D eigenvalue weighted by Crippen LogP contribution is 2.31. The number of hydrogen-bond donors (Lipinski definition) is 0. The van der Waals surface area contributed by atoms with Crippen LogP contribution in [0.3, 0.4) is 0 Å². The number of rotatable bonds is 2. The second kappa shape index (κ2) is 3.47. The average Bonchev–Trinajstić information content (AvgIpc) is 3.13. The summed E-state index contributed by atoms with van der Waals surface area (Å²) >= 11 is 0. The van der Waals surface area contributed by atoms with E-state index in [1.165, 1.54) is 0 Å². The molecule has 2 aliphatic rings. The molecule has 1 aromatic rings. The van der Waals surface area contributed by atoms with Gasteiger partial charge in [-0.05, 0) is 18.9 Å². The standard InChI is InChI=1S/C12H14N2O2/c1-16-11-5-4-9-10(13-11)6-7-14(12(9)15)8-2-3-8/h4-5,8H,2-3,6-7H2,1H3. The molecule has 1 saturated carbocycles. The van der Waals surface area contributed by atoms with Crippen LogP contribution in [0.5, 0.6) is 5.88 Å². The minimum Gasteiger partial charge on any atom is -0.481 e. The Labute approximate surface area is 94.2 Å². The van der Waals surface area contributed by atoms with E-state index in [2.05, 4.69) is 4.98 Å². The molecule has 2 heterocycles. The Kier molecular flexibility index (Phi) is 2.09. The van der Waals surface area contributed by atoms with Gasteiger partial charge in [-0.15, -0.1) is 0 Å². The summed E-state index contributed by atoms with van der Waals surface area (Å²) in [5, 5.41) is 0. The van der Waals surface area contributed by atoms with Crippen LogP contribution in [0.2, 0.25) is 0 Å². The number of methoxy groups -OCH3 is 1. The summed E-state index contributed by atoms with van der Waals surface area (Å²) in [4.78, 5) is 18.5. The summed E-state index contributed by atoms with van der Waals surface area (Å²) in [5.41, 5.74) is 1.63. The van der Waals surface area contributed by atoms with Gasteiger partial charge in [0.15, 0.2) is 0 Å². The van der Waals surface area contributed by atoms with Gasteiger partial charge in [0, 0.05) is 25.1 Å². The Morgan fingerprint density at radius 2 is 2.25 bits per heavy atom. The number of fused-ring (bicyclic) bond motifs is 1. The topological polar surface area (TPSA) is 42.4 Å². The Hall–Kier alpha value is -1.58. The van der Waals surface area contributed by atoms with E-state index < -0.39 is 0 Å². The molecule has 4 heteroatoms. The van der Waals surface area contributed by atoms with Crippen molar-refractivity contribution in [2.24, 2.45) is 0 Å². The molecule has 1 aliphatic carbocycles. The van der Waals surface area contributed by atoms with Crippen LogP contribution >= 0.6 is 0 Å². The maximum atomic E-state index is 12.1. The number of amides is 1. The maximum Gasteiger partial charge on any atom is 0.255 e. The predicted octanol–water partition coefficient (Wildman–Crippen LogP) is 1.25. The molecule has 0 unspecified atom stereocenters. The highest BCUT2D eigenvalue weighted by Gasteiger charge is 2.36. The number of pyridine rings is 1. The van der Waals surface area contributed by atoms with Crippen molar-refractivity contribution in [1.29, 1.82) is 0 Å². The lowest BCUT2D eigenvalue weighted by molar-refractivity contribution is 0.0724. The smallest absolute Gasteiger partial charge is 0.255 e. The third kappa shape index (κ3) is 1.45. The van der Waals surface area contributed by atoms with Crippen LogP contribution in [-0.4, -0.2) is 35.5 Å². The normalized spacial score (nSPS) is 19.6. The van der Waals surface area contributed by atoms with E-state index in [-0.39, 0.29) is 5.91 Å². The van der Waals surface area contributed by atoms with E-state index in [0.717, 1.165) is 37.1 Å². The van der Waals surface area contributed by atoms with Gasteiger partial charge in [0.05, 0.1) is 18.4 Å². The fourth-order valence-corrected chi connectivity index (χ4v) is 2.20. The zero-order valence-corrected chi connectivity index (χ0v) is 9.27. The summed E-state index contributed by atoms with van der Waals surface area (Å²) in [6, 6.07) is 4.08. The quantitative estimate of drug-likeness (QED) is 0.750. The van der Waals surface area contributed by atoms with Gasteiger partial charge in [-0.2, -0.15) is 0 Å². The molecule has 0 atom stereocenters. The Bertz CT molecular complexity index is 441. The number of carbonyl (C=O) groups is 1. The molecule has 1 aromatic heterocycles. The summed E-state index contributed by atoms with van der Waals surface area (Å²) < 4.78 is 5.07. The molecule has 3 rings (SSSR count). The molecule has 0 aromatic carbocycles. The summed E-state index contributed by atoms with van der Waals surface area (Å²) in [7, 11) is 1.59. The molecule has 1 fully saturated rings. The second-order valence-corrected chi connectivity index (χ2v) is 4.33. The SMILES string of the molecule is COc1ccc2c(n1)CCN(C1CC1)C2=O. The van der Waals surface area contributed by atoms with E-state index in [1.807, 2.05) is 11.0 Å². The summed E-state index contributed by atoms with van der Waals surface area (Å²) in [6.45, 7) is 0.802. The molecule has 1 aliphatic heterocycles. The second-order valence-electron chi connectivity index (χ2n) is 4.33. The fraction of sp³-hybridized carbons (Fsp3) is 0.500. The number of carbonyl (C=O) groups excluding carboxylic acids is 1. The van der Waals surface area contributed by atoms with Gasteiger partial charge in [-0.25, -0.2) is 4.98 Å². The zero-order valence-electron chi connectivity index (χ0n) is 9.27. The highest BCUT2D eigenvalue weighted by atomic mass is 16.5. The lowest BCUT2D eigenvalue weighted by Gasteiger charge is -2.27. The average molecular weight is 218 g/mol. The van der Waals surface area contributed by atoms with Gasteiger partial charge in [-0.3, -0.25) is 4.79 Å². The van der Waals surface area contributed by atoms with Crippen molar-refractivity contribution in [2.45, 2.75) is 25.3 Å². The Balaban J connectivity index is 1.94. The first kappa shape index (κ1) is 9.63. The number of ether oxygens (including phenoxy) is 1. The first-order valence-electron chi connectivity index (χ1n) is 5.64. The molecule has 0 bridgehead atoms. The van der Waals surface area contributed by atoms with E-state index in [9.17, 15) is 4.79 Å². The van der Waals surface area contributed by atoms with Gasteiger partial charge in [0.1, 0.15) is 0 Å². The van der Waals surface area contributed by atoms with Crippen molar-refractivity contribution in [3.63, 3.8) is 0 Å². The molecular formula is C12H14N2O2. The van der Waals surface area contributed by atoms with Crippen molar-refractivity contribution < 1.29 is 9.53 Å². The Morgan fingerprint density at radius 1 is 1.44 bits per heavy atom. The fourth-order valence-electron chi connectivity index (χ4n) is 2.20. The van der Waals surface area contributed by atoms with Crippen LogP contribution in [0.15, 0.2) is 12.1 Å². The van der Waals surface area contributed by atoms with Crippen LogP contribution in [0.1, 0.15) is 28.9 Å². The lowest BCUT2D eigenvalue weighted by atomic mass is 10.0. The molecule has 4 nitrogen and oxygen atoms in total. The maximum absolute atomic E-state index is 12.1. The largest absolute Gasteiger partial charge is 0.481 e. The van der Waals surface area contributed by atoms with Crippen LogP contribution < -0.4 is 4.74 Å². The van der Waals surface area contributed by atoms with Crippen molar-refractivity contribution in [3.8, 4) is 5.88 Å². The van der Waals surface area contributed by atoms with Crippen LogP contribution in [0, 0.1) is 0 Å². The van der Waals surface area contributed by atoms with Crippen LogP contribution in [0.4, 0.5) is 0 Å². The van der Waals surface area contributed by atoms with E-state index in [1.54, 1.807) is 13.2 Å². The third-order valence-corrected chi connectivity index (χ3v) is 3.23. The van der Waals surface area contributed by atoms with Crippen LogP contribution in [-0.2, 0) is 6.42 Å². The molecule has 0 radical (unpaired) electrons. The third-order valence-electron chi connectivity index (χ3n) is 3.23. The van der Waals surface area contributed by atoms with Crippen molar-refractivity contribution in [2.75, 3.05) is 13.7 Å². The summed E-state index contributed by atoms with van der Waals surface area (Å²) in [6.07, 6.45) is 3.16. The number of nitrogens with zero attached hydrogens (tertiary/aromatic N) is 2. The number of hydrogen-bond acceptors (Lipinski definition) is 3. The molecular weight excluding hydrogens is 204 g/mol. The van der Waals surface area contributed by atoms with Gasteiger partial charge in [0.25, 0.3) is 5.91 Å². The minimum absolute atomic E-state index is 0.138. The molecule has 1 amide bonds. The lowest BCUT2D eigenvalue weighted by Crippen LogP contribution is -2.39. The zero-order chi connectivity index (χ0) is 11.1. The molecule has 84 valence electrons. The predicted molar refractivity (Wildman–Crippen MR) is 58.6 cm³/mol. The number of aromatic nitrogens is 1. The Morgan fingerprint density at radius 3 is 2.94 bits per heavy atom. The highest BCUT2D eigenvalue weighted by molar-refractivity contribution is 5.96. The van der Waals surface area contributed by atoms with Gasteiger partial charge in [0.2, 0.25) is 5.88 Å². The van der Waals surface area contributed by atoms with E-state index in [4.69, 9.17) is 4.74 Å². The van der Waals surface area contributed by atoms with Crippen molar-refractivity contribution in [3.05, 3.63) is 23.4 Å². The summed E-state index contributed by atoms with van der Waals surface area (Å²) in [5.74, 6) is 0.727. The van der Waals surface area contributed by atoms with Crippen LogP contribution in [0.25, 0.3) is 0 Å². The minimum atomic E-state index is 0.138. The van der Waals surface area contributed by atoms with E-state index in [0.29, 0.717) is 11.9 Å². The van der Waals surface area contributed by atoms with Gasteiger partial charge >= 0.3 is 0 Å².